The molecule has 0 radical (unpaired) electrons. The van der Waals surface area contributed by atoms with Crippen molar-refractivity contribution in [2.75, 3.05) is 26.9 Å². The Kier molecular flexibility index (Phi) is 7.34. The minimum Gasteiger partial charge on any atom is -0.491 e. The number of urea groups is 1. The van der Waals surface area contributed by atoms with Gasteiger partial charge in [-0.25, -0.2) is 10.3 Å². The van der Waals surface area contributed by atoms with Gasteiger partial charge in [-0.3, -0.25) is 10.0 Å². The van der Waals surface area contributed by atoms with Crippen LogP contribution in [0.1, 0.15) is 35.7 Å². The zero-order chi connectivity index (χ0) is 18.7. The van der Waals surface area contributed by atoms with Gasteiger partial charge in [-0.2, -0.15) is 13.5 Å². The molecule has 2 N–H and O–H groups in total. The lowest BCUT2D eigenvalue weighted by Crippen LogP contribution is -2.50. The number of amides is 3. The normalized spacial score (nSPS) is 19.8. The molecule has 9 heteroatoms. The number of hydroxylamine groups is 1. The van der Waals surface area contributed by atoms with Gasteiger partial charge >= 0.3 is 6.03 Å². The Morgan fingerprint density at radius 3 is 2.67 bits per heavy atom. The quantitative estimate of drug-likeness (QED) is 0.586. The van der Waals surface area contributed by atoms with Crippen molar-refractivity contribution in [2.45, 2.75) is 38.4 Å². The highest BCUT2D eigenvalue weighted by Gasteiger charge is 2.31. The van der Waals surface area contributed by atoms with E-state index in [4.69, 9.17) is 14.7 Å². The molecule has 2 aliphatic heterocycles. The Balaban J connectivity index is 0.00000261. The van der Waals surface area contributed by atoms with Gasteiger partial charge in [0, 0.05) is 37.4 Å². The van der Waals surface area contributed by atoms with Crippen LogP contribution in [0.5, 0.6) is 5.75 Å². The van der Waals surface area contributed by atoms with Crippen LogP contribution in [0.2, 0.25) is 0 Å². The van der Waals surface area contributed by atoms with E-state index in [1.54, 1.807) is 33.5 Å². The monoisotopic (exact) mass is 397 g/mol. The summed E-state index contributed by atoms with van der Waals surface area (Å²) in [6, 6.07) is 5.00. The van der Waals surface area contributed by atoms with Crippen LogP contribution < -0.4 is 10.2 Å². The van der Waals surface area contributed by atoms with E-state index in [0.29, 0.717) is 37.7 Å². The third-order valence-corrected chi connectivity index (χ3v) is 5.07. The lowest BCUT2D eigenvalue weighted by molar-refractivity contribution is 0.0424. The predicted molar refractivity (Wildman–Crippen MR) is 104 cm³/mol. The summed E-state index contributed by atoms with van der Waals surface area (Å²) < 4.78 is 11.2. The second-order valence-corrected chi connectivity index (χ2v) is 6.79. The van der Waals surface area contributed by atoms with Gasteiger partial charge in [0.25, 0.3) is 5.91 Å². The predicted octanol–water partition coefficient (Wildman–Crippen LogP) is 1.73. The summed E-state index contributed by atoms with van der Waals surface area (Å²) in [4.78, 5) is 28.2. The Labute approximate surface area is 165 Å². The van der Waals surface area contributed by atoms with E-state index >= 15 is 0 Å². The fourth-order valence-electron chi connectivity index (χ4n) is 3.35. The number of nitrogens with zero attached hydrogens (tertiary/aromatic N) is 2. The van der Waals surface area contributed by atoms with Gasteiger partial charge in [0.05, 0.1) is 12.6 Å². The Hall–Kier alpha value is -1.97. The molecule has 2 aliphatic rings. The standard InChI is InChI=1S/C18H25N3O5.H2S/c1-12-11-26-16-9-13(17(22)19-24)3-4-14(16)10-21(12)18(23)20(2)15-5-7-25-8-6-15;/h3-4,9,12,15,24H,5-8,10-11H2,1-2H3,(H,19,22);1H2/t12-;/m0./s1. The fourth-order valence-corrected chi connectivity index (χ4v) is 3.35. The molecule has 2 heterocycles. The summed E-state index contributed by atoms with van der Waals surface area (Å²) in [5.74, 6) is -0.0390. The zero-order valence-electron chi connectivity index (χ0n) is 15.6. The maximum Gasteiger partial charge on any atom is 0.320 e. The third kappa shape index (κ3) is 4.66. The van der Waals surface area contributed by atoms with E-state index in [9.17, 15) is 9.59 Å². The van der Waals surface area contributed by atoms with Crippen LogP contribution in [0.4, 0.5) is 4.79 Å². The van der Waals surface area contributed by atoms with Gasteiger partial charge in [0.15, 0.2) is 0 Å². The van der Waals surface area contributed by atoms with Crippen LogP contribution in [0.3, 0.4) is 0 Å². The van der Waals surface area contributed by atoms with E-state index in [1.807, 2.05) is 14.0 Å². The molecule has 150 valence electrons. The Morgan fingerprint density at radius 1 is 1.30 bits per heavy atom. The molecular weight excluding hydrogens is 370 g/mol. The molecule has 0 bridgehead atoms. The molecule has 0 aliphatic carbocycles. The van der Waals surface area contributed by atoms with Crippen molar-refractivity contribution in [3.8, 4) is 5.75 Å². The smallest absolute Gasteiger partial charge is 0.320 e. The molecule has 1 aromatic carbocycles. The summed E-state index contributed by atoms with van der Waals surface area (Å²) in [6.07, 6.45) is 1.69. The average Bonchev–Trinajstić information content (AvgIpc) is 2.85. The van der Waals surface area contributed by atoms with Crippen molar-refractivity contribution in [3.05, 3.63) is 29.3 Å². The van der Waals surface area contributed by atoms with Crippen LogP contribution in [0.25, 0.3) is 0 Å². The lowest BCUT2D eigenvalue weighted by atomic mass is 10.1. The molecule has 0 spiro atoms. The number of ether oxygens (including phenoxy) is 2. The van der Waals surface area contributed by atoms with Crippen molar-refractivity contribution in [1.29, 1.82) is 0 Å². The number of hydrogen-bond donors (Lipinski definition) is 2. The molecule has 1 saturated heterocycles. The lowest BCUT2D eigenvalue weighted by Gasteiger charge is -2.36. The minimum atomic E-state index is -0.596. The van der Waals surface area contributed by atoms with Crippen LogP contribution in [-0.2, 0) is 11.3 Å². The van der Waals surface area contributed by atoms with Gasteiger partial charge < -0.3 is 19.3 Å². The second-order valence-electron chi connectivity index (χ2n) is 6.79. The number of hydrogen-bond acceptors (Lipinski definition) is 5. The topological polar surface area (TPSA) is 91.3 Å². The number of fused-ring (bicyclic) bond motifs is 1. The first kappa shape index (κ1) is 21.3. The van der Waals surface area contributed by atoms with Crippen molar-refractivity contribution in [2.24, 2.45) is 0 Å². The van der Waals surface area contributed by atoms with Gasteiger partial charge in [0.1, 0.15) is 12.4 Å². The van der Waals surface area contributed by atoms with Crippen LogP contribution in [0.15, 0.2) is 18.2 Å². The first-order valence-corrected chi connectivity index (χ1v) is 8.82. The summed E-state index contributed by atoms with van der Waals surface area (Å²) in [5, 5.41) is 8.78. The summed E-state index contributed by atoms with van der Waals surface area (Å²) in [5.41, 5.74) is 2.75. The van der Waals surface area contributed by atoms with Gasteiger partial charge in [-0.1, -0.05) is 6.07 Å². The molecule has 1 fully saturated rings. The number of carbonyl (C=O) groups is 2. The van der Waals surface area contributed by atoms with Crippen LogP contribution in [0, 0.1) is 0 Å². The number of rotatable bonds is 2. The van der Waals surface area contributed by atoms with E-state index in [-0.39, 0.29) is 31.6 Å². The zero-order valence-corrected chi connectivity index (χ0v) is 16.6. The minimum absolute atomic E-state index is 0. The highest BCUT2D eigenvalue weighted by Crippen LogP contribution is 2.28. The number of carbonyl (C=O) groups excluding carboxylic acids is 2. The largest absolute Gasteiger partial charge is 0.491 e. The van der Waals surface area contributed by atoms with Gasteiger partial charge in [-0.15, -0.1) is 0 Å². The van der Waals surface area contributed by atoms with E-state index < -0.39 is 5.91 Å². The highest BCUT2D eigenvalue weighted by atomic mass is 32.1. The van der Waals surface area contributed by atoms with Crippen LogP contribution in [-0.4, -0.2) is 65.9 Å². The average molecular weight is 397 g/mol. The molecule has 0 saturated carbocycles. The van der Waals surface area contributed by atoms with E-state index in [0.717, 1.165) is 18.4 Å². The molecule has 0 unspecified atom stereocenters. The maximum atomic E-state index is 13.1. The molecule has 1 aromatic rings. The number of nitrogens with one attached hydrogen (secondary N) is 1. The molecule has 0 aromatic heterocycles. The summed E-state index contributed by atoms with van der Waals surface area (Å²) in [6.45, 7) is 4.05. The van der Waals surface area contributed by atoms with Crippen molar-refractivity contribution < 1.29 is 24.3 Å². The molecular formula is C18H27N3O5S. The Morgan fingerprint density at radius 2 is 2.00 bits per heavy atom. The van der Waals surface area contributed by atoms with E-state index in [1.165, 1.54) is 0 Å². The maximum absolute atomic E-state index is 13.1. The molecule has 3 rings (SSSR count). The van der Waals surface area contributed by atoms with Crippen molar-refractivity contribution in [1.82, 2.24) is 15.3 Å². The second kappa shape index (κ2) is 9.29. The van der Waals surface area contributed by atoms with E-state index in [2.05, 4.69) is 0 Å². The number of benzene rings is 1. The van der Waals surface area contributed by atoms with Crippen LogP contribution >= 0.6 is 13.5 Å². The summed E-state index contributed by atoms with van der Waals surface area (Å²) >= 11 is 0. The highest BCUT2D eigenvalue weighted by molar-refractivity contribution is 7.59. The van der Waals surface area contributed by atoms with Gasteiger partial charge in [-0.05, 0) is 31.9 Å². The fraction of sp³-hybridized carbons (Fsp3) is 0.556. The molecule has 8 nitrogen and oxygen atoms in total. The third-order valence-electron chi connectivity index (χ3n) is 5.07. The molecule has 3 amide bonds. The molecule has 27 heavy (non-hydrogen) atoms. The summed E-state index contributed by atoms with van der Waals surface area (Å²) in [7, 11) is 1.84. The van der Waals surface area contributed by atoms with Crippen molar-refractivity contribution in [3.63, 3.8) is 0 Å². The molecule has 1 atom stereocenters. The van der Waals surface area contributed by atoms with Crippen molar-refractivity contribution >= 4 is 25.4 Å². The SMILES string of the molecule is C[C@H]1COc2cc(C(=O)NO)ccc2CN1C(=O)N(C)C1CCOCC1.S. The first-order valence-electron chi connectivity index (χ1n) is 8.82. The Bertz CT molecular complexity index is 681. The van der Waals surface area contributed by atoms with Gasteiger partial charge in [0.2, 0.25) is 0 Å². The first-order chi connectivity index (χ1) is 12.5.